The first kappa shape index (κ1) is 15.6. The Morgan fingerprint density at radius 3 is 2.72 bits per heavy atom. The van der Waals surface area contributed by atoms with Crippen LogP contribution in [0.1, 0.15) is 25.3 Å². The Labute approximate surface area is 117 Å². The second-order valence-corrected chi connectivity index (χ2v) is 6.95. The molecular weight excluding hydrogens is 318 g/mol. The minimum absolute atomic E-state index is 0.286. The Balaban J connectivity index is 2.71. The lowest BCUT2D eigenvalue weighted by atomic mass is 10.2. The number of aliphatic hydroxyl groups excluding tert-OH is 1. The van der Waals surface area contributed by atoms with E-state index in [1.165, 1.54) is 0 Å². The summed E-state index contributed by atoms with van der Waals surface area (Å²) in [6, 6.07) is 5.16. The molecule has 6 heteroatoms. The van der Waals surface area contributed by atoms with Crippen LogP contribution in [0.2, 0.25) is 0 Å². The van der Waals surface area contributed by atoms with Gasteiger partial charge in [0.15, 0.2) is 0 Å². The van der Waals surface area contributed by atoms with E-state index in [4.69, 9.17) is 5.11 Å². The molecule has 0 heterocycles. The van der Waals surface area contributed by atoms with Crippen LogP contribution in [0.25, 0.3) is 0 Å². The van der Waals surface area contributed by atoms with Crippen LogP contribution in [0.4, 0.5) is 0 Å². The molecule has 0 aliphatic rings. The van der Waals surface area contributed by atoms with Gasteiger partial charge in [-0.2, -0.15) is 0 Å². The van der Waals surface area contributed by atoms with Gasteiger partial charge in [0.2, 0.25) is 10.0 Å². The van der Waals surface area contributed by atoms with Crippen molar-refractivity contribution >= 4 is 26.0 Å². The van der Waals surface area contributed by atoms with Crippen molar-refractivity contribution in [3.63, 3.8) is 0 Å². The Bertz CT molecular complexity index is 500. The highest BCUT2D eigenvalue weighted by atomic mass is 79.9. The van der Waals surface area contributed by atoms with Gasteiger partial charge in [-0.05, 0) is 44.4 Å². The molecule has 0 fully saturated rings. The Kier molecular flexibility index (Phi) is 5.78. The van der Waals surface area contributed by atoms with Crippen LogP contribution in [0.5, 0.6) is 0 Å². The van der Waals surface area contributed by atoms with E-state index in [0.717, 1.165) is 4.47 Å². The molecule has 18 heavy (non-hydrogen) atoms. The molecule has 4 nitrogen and oxygen atoms in total. The lowest BCUT2D eigenvalue weighted by molar-refractivity contribution is 0.182. The van der Waals surface area contributed by atoms with Gasteiger partial charge in [0.25, 0.3) is 0 Å². The Morgan fingerprint density at radius 1 is 1.44 bits per heavy atom. The molecule has 2 N–H and O–H groups in total. The van der Waals surface area contributed by atoms with Gasteiger partial charge in [-0.25, -0.2) is 13.1 Å². The molecule has 0 amide bonds. The molecule has 0 radical (unpaired) electrons. The minimum atomic E-state index is -3.47. The van der Waals surface area contributed by atoms with Crippen molar-refractivity contribution < 1.29 is 13.5 Å². The Hall–Kier alpha value is -0.430. The van der Waals surface area contributed by atoms with E-state index in [-0.39, 0.29) is 4.90 Å². The van der Waals surface area contributed by atoms with Gasteiger partial charge in [-0.1, -0.05) is 22.0 Å². The summed E-state index contributed by atoms with van der Waals surface area (Å²) >= 11 is 3.26. The number of aryl methyl sites for hydroxylation is 1. The summed E-state index contributed by atoms with van der Waals surface area (Å²) in [5, 5.41) is 9.10. The van der Waals surface area contributed by atoms with Crippen molar-refractivity contribution in [1.82, 2.24) is 4.72 Å². The predicted molar refractivity (Wildman–Crippen MR) is 75.0 cm³/mol. The molecule has 0 aliphatic heterocycles. The van der Waals surface area contributed by atoms with E-state index in [1.807, 2.05) is 6.07 Å². The lowest BCUT2D eigenvalue weighted by Crippen LogP contribution is -2.26. The topological polar surface area (TPSA) is 66.4 Å². The highest BCUT2D eigenvalue weighted by molar-refractivity contribution is 9.10. The van der Waals surface area contributed by atoms with Crippen LogP contribution in [-0.2, 0) is 10.0 Å². The summed E-state index contributed by atoms with van der Waals surface area (Å²) in [7, 11) is -3.47. The van der Waals surface area contributed by atoms with Gasteiger partial charge in [0.1, 0.15) is 0 Å². The first-order chi connectivity index (χ1) is 8.33. The predicted octanol–water partition coefficient (Wildman–Crippen LogP) is 2.20. The van der Waals surface area contributed by atoms with Crippen LogP contribution in [-0.4, -0.2) is 26.2 Å². The molecule has 0 saturated heterocycles. The largest absolute Gasteiger partial charge is 0.393 e. The number of sulfonamides is 1. The third-order valence-electron chi connectivity index (χ3n) is 2.53. The molecule has 1 aromatic rings. The zero-order valence-corrected chi connectivity index (χ0v) is 12.9. The van der Waals surface area contributed by atoms with Crippen LogP contribution in [0.3, 0.4) is 0 Å². The molecule has 1 aromatic carbocycles. The molecule has 0 bridgehead atoms. The standard InChI is InChI=1S/C12H18BrNO3S/c1-9-5-6-11(13)8-12(9)18(16,17)14-7-3-4-10(2)15/h5-6,8,10,14-15H,3-4,7H2,1-2H3. The van der Waals surface area contributed by atoms with E-state index in [9.17, 15) is 8.42 Å². The molecule has 0 aliphatic carbocycles. The van der Waals surface area contributed by atoms with Crippen molar-refractivity contribution in [3.05, 3.63) is 28.2 Å². The summed E-state index contributed by atoms with van der Waals surface area (Å²) in [6.45, 7) is 3.78. The third-order valence-corrected chi connectivity index (χ3v) is 4.63. The van der Waals surface area contributed by atoms with Gasteiger partial charge >= 0.3 is 0 Å². The summed E-state index contributed by atoms with van der Waals surface area (Å²) in [5.74, 6) is 0. The fourth-order valence-corrected chi connectivity index (χ4v) is 3.40. The quantitative estimate of drug-likeness (QED) is 0.783. The molecule has 1 rings (SSSR count). The fourth-order valence-electron chi connectivity index (χ4n) is 1.55. The first-order valence-electron chi connectivity index (χ1n) is 5.77. The minimum Gasteiger partial charge on any atom is -0.393 e. The van der Waals surface area contributed by atoms with Crippen molar-refractivity contribution in [2.75, 3.05) is 6.54 Å². The number of halogens is 1. The van der Waals surface area contributed by atoms with Gasteiger partial charge < -0.3 is 5.11 Å². The lowest BCUT2D eigenvalue weighted by Gasteiger charge is -2.10. The summed E-state index contributed by atoms with van der Waals surface area (Å²) < 4.78 is 27.4. The molecule has 0 aromatic heterocycles. The monoisotopic (exact) mass is 335 g/mol. The summed E-state index contributed by atoms with van der Waals surface area (Å²) in [4.78, 5) is 0.286. The fraction of sp³-hybridized carbons (Fsp3) is 0.500. The zero-order chi connectivity index (χ0) is 13.8. The number of rotatable bonds is 6. The number of aliphatic hydroxyl groups is 1. The molecular formula is C12H18BrNO3S. The normalized spacial score (nSPS) is 13.6. The maximum absolute atomic E-state index is 12.1. The van der Waals surface area contributed by atoms with E-state index in [1.54, 1.807) is 26.0 Å². The maximum atomic E-state index is 12.1. The van der Waals surface area contributed by atoms with Crippen LogP contribution in [0.15, 0.2) is 27.6 Å². The molecule has 1 unspecified atom stereocenters. The average Bonchev–Trinajstić information content (AvgIpc) is 2.27. The number of hydrogen-bond acceptors (Lipinski definition) is 3. The zero-order valence-electron chi connectivity index (χ0n) is 10.5. The van der Waals surface area contributed by atoms with Crippen LogP contribution in [0, 0.1) is 6.92 Å². The van der Waals surface area contributed by atoms with E-state index in [0.29, 0.717) is 24.9 Å². The number of benzene rings is 1. The summed E-state index contributed by atoms with van der Waals surface area (Å²) in [5.41, 5.74) is 0.709. The molecule has 0 spiro atoms. The third kappa shape index (κ3) is 4.68. The molecule has 102 valence electrons. The summed E-state index contributed by atoms with van der Waals surface area (Å²) in [6.07, 6.45) is 0.798. The first-order valence-corrected chi connectivity index (χ1v) is 8.04. The molecule has 1 atom stereocenters. The SMILES string of the molecule is Cc1ccc(Br)cc1S(=O)(=O)NCCCC(C)O. The number of nitrogens with one attached hydrogen (secondary N) is 1. The van der Waals surface area contributed by atoms with Gasteiger partial charge in [-0.3, -0.25) is 0 Å². The van der Waals surface area contributed by atoms with Gasteiger partial charge in [-0.15, -0.1) is 0 Å². The van der Waals surface area contributed by atoms with E-state index < -0.39 is 16.1 Å². The number of hydrogen-bond donors (Lipinski definition) is 2. The van der Waals surface area contributed by atoms with Crippen LogP contribution < -0.4 is 4.72 Å². The van der Waals surface area contributed by atoms with E-state index in [2.05, 4.69) is 20.7 Å². The highest BCUT2D eigenvalue weighted by Crippen LogP contribution is 2.20. The van der Waals surface area contributed by atoms with Crippen molar-refractivity contribution in [3.8, 4) is 0 Å². The smallest absolute Gasteiger partial charge is 0.240 e. The van der Waals surface area contributed by atoms with Crippen molar-refractivity contribution in [1.29, 1.82) is 0 Å². The maximum Gasteiger partial charge on any atom is 0.240 e. The highest BCUT2D eigenvalue weighted by Gasteiger charge is 2.16. The second-order valence-electron chi connectivity index (χ2n) is 4.30. The average molecular weight is 336 g/mol. The van der Waals surface area contributed by atoms with Gasteiger partial charge in [0, 0.05) is 11.0 Å². The van der Waals surface area contributed by atoms with Crippen molar-refractivity contribution in [2.24, 2.45) is 0 Å². The van der Waals surface area contributed by atoms with Crippen molar-refractivity contribution in [2.45, 2.75) is 37.7 Å². The Morgan fingerprint density at radius 2 is 2.11 bits per heavy atom. The van der Waals surface area contributed by atoms with Crippen LogP contribution >= 0.6 is 15.9 Å². The molecule has 0 saturated carbocycles. The second kappa shape index (κ2) is 6.65. The van der Waals surface area contributed by atoms with Gasteiger partial charge in [0.05, 0.1) is 11.0 Å². The van der Waals surface area contributed by atoms with E-state index >= 15 is 0 Å².